The summed E-state index contributed by atoms with van der Waals surface area (Å²) in [5, 5.41) is 3.06. The normalized spacial score (nSPS) is 25.9. The summed E-state index contributed by atoms with van der Waals surface area (Å²) in [6.45, 7) is 3.02. The number of sulfonamides is 1. The Kier molecular flexibility index (Phi) is 4.33. The van der Waals surface area contributed by atoms with Crippen molar-refractivity contribution in [2.75, 3.05) is 25.9 Å². The van der Waals surface area contributed by atoms with Crippen molar-refractivity contribution in [2.24, 2.45) is 0 Å². The van der Waals surface area contributed by atoms with E-state index in [2.05, 4.69) is 15.3 Å². The summed E-state index contributed by atoms with van der Waals surface area (Å²) in [5.74, 6) is 0. The van der Waals surface area contributed by atoms with Gasteiger partial charge in [-0.3, -0.25) is 0 Å². The van der Waals surface area contributed by atoms with Gasteiger partial charge in [0, 0.05) is 43.8 Å². The number of carbonyl (C=O) groups excluding carboxylic acids is 1. The molecule has 23 heavy (non-hydrogen) atoms. The summed E-state index contributed by atoms with van der Waals surface area (Å²) < 4.78 is 24.8. The molecule has 3 rings (SSSR count). The molecule has 9 heteroatoms. The molecule has 1 aromatic heterocycles. The van der Waals surface area contributed by atoms with Crippen molar-refractivity contribution in [1.82, 2.24) is 24.5 Å². The number of aromatic amines is 1. The number of aromatic nitrogens is 2. The van der Waals surface area contributed by atoms with E-state index in [1.807, 2.05) is 6.92 Å². The van der Waals surface area contributed by atoms with Crippen LogP contribution in [-0.2, 0) is 22.9 Å². The van der Waals surface area contributed by atoms with Crippen LogP contribution < -0.4 is 5.32 Å². The summed E-state index contributed by atoms with van der Waals surface area (Å²) in [5.41, 5.74) is 2.18. The molecule has 0 saturated carbocycles. The number of urea groups is 1. The first-order valence-corrected chi connectivity index (χ1v) is 9.73. The standard InChI is InChI=1S/C14H23N5O3S/c1-10-8-18(5-6-19(10)23(2,21)22)14(20)17-11-3-4-12-13(7-11)16-9-15-12/h9-11H,3-8H2,1-2H3,(H,15,16)(H,17,20)/t10-,11?/m0/s1. The quantitative estimate of drug-likeness (QED) is 0.787. The number of piperazine rings is 1. The van der Waals surface area contributed by atoms with Crippen molar-refractivity contribution in [1.29, 1.82) is 0 Å². The minimum absolute atomic E-state index is 0.0960. The summed E-state index contributed by atoms with van der Waals surface area (Å²) in [7, 11) is -3.21. The van der Waals surface area contributed by atoms with Gasteiger partial charge in [0.05, 0.1) is 18.3 Å². The van der Waals surface area contributed by atoms with Gasteiger partial charge in [-0.25, -0.2) is 18.2 Å². The predicted octanol–water partition coefficient (Wildman–Crippen LogP) is -0.0577. The van der Waals surface area contributed by atoms with Gasteiger partial charge in [-0.2, -0.15) is 4.31 Å². The number of H-pyrrole nitrogens is 1. The molecule has 1 saturated heterocycles. The zero-order valence-corrected chi connectivity index (χ0v) is 14.3. The number of amides is 2. The van der Waals surface area contributed by atoms with Gasteiger partial charge in [-0.15, -0.1) is 0 Å². The Labute approximate surface area is 136 Å². The number of aryl methyl sites for hydroxylation is 1. The van der Waals surface area contributed by atoms with Gasteiger partial charge in [-0.05, 0) is 19.8 Å². The molecule has 1 aliphatic carbocycles. The first-order valence-electron chi connectivity index (χ1n) is 7.88. The summed E-state index contributed by atoms with van der Waals surface area (Å²) in [6, 6.07) is -0.216. The van der Waals surface area contributed by atoms with E-state index < -0.39 is 10.0 Å². The highest BCUT2D eigenvalue weighted by Crippen LogP contribution is 2.19. The Balaban J connectivity index is 1.56. The fraction of sp³-hybridized carbons (Fsp3) is 0.714. The van der Waals surface area contributed by atoms with E-state index in [-0.39, 0.29) is 18.1 Å². The molecule has 128 valence electrons. The van der Waals surface area contributed by atoms with Crippen LogP contribution in [0.1, 0.15) is 24.7 Å². The van der Waals surface area contributed by atoms with Gasteiger partial charge in [0.2, 0.25) is 10.0 Å². The molecule has 2 amide bonds. The number of hydrogen-bond donors (Lipinski definition) is 2. The fourth-order valence-corrected chi connectivity index (χ4v) is 4.54. The SMILES string of the molecule is C[C@H]1CN(C(=O)NC2CCc3nc[nH]c3C2)CCN1S(C)(=O)=O. The smallest absolute Gasteiger partial charge is 0.317 e. The first kappa shape index (κ1) is 16.3. The number of nitrogens with zero attached hydrogens (tertiary/aromatic N) is 3. The highest BCUT2D eigenvalue weighted by Gasteiger charge is 2.32. The van der Waals surface area contributed by atoms with E-state index in [1.54, 1.807) is 11.2 Å². The number of nitrogens with one attached hydrogen (secondary N) is 2. The molecule has 0 spiro atoms. The second-order valence-corrected chi connectivity index (χ2v) is 8.32. The largest absolute Gasteiger partial charge is 0.348 e. The lowest BCUT2D eigenvalue weighted by molar-refractivity contribution is 0.144. The maximum absolute atomic E-state index is 12.4. The number of carbonyl (C=O) groups is 1. The Morgan fingerprint density at radius 2 is 2.22 bits per heavy atom. The van der Waals surface area contributed by atoms with E-state index in [1.165, 1.54) is 10.6 Å². The number of imidazole rings is 1. The molecule has 8 nitrogen and oxygen atoms in total. The summed E-state index contributed by atoms with van der Waals surface area (Å²) in [6.07, 6.45) is 5.41. The van der Waals surface area contributed by atoms with Crippen LogP contribution in [0.3, 0.4) is 0 Å². The van der Waals surface area contributed by atoms with Gasteiger partial charge in [0.25, 0.3) is 0 Å². The molecule has 0 bridgehead atoms. The lowest BCUT2D eigenvalue weighted by Gasteiger charge is -2.39. The topological polar surface area (TPSA) is 98.4 Å². The van der Waals surface area contributed by atoms with Gasteiger partial charge < -0.3 is 15.2 Å². The number of rotatable bonds is 2. The maximum Gasteiger partial charge on any atom is 0.317 e. The van der Waals surface area contributed by atoms with Crippen LogP contribution in [0.2, 0.25) is 0 Å². The minimum Gasteiger partial charge on any atom is -0.348 e. The molecule has 1 aromatic rings. The molecular formula is C14H23N5O3S. The maximum atomic E-state index is 12.4. The number of hydrogen-bond acceptors (Lipinski definition) is 4. The number of fused-ring (bicyclic) bond motifs is 1. The van der Waals surface area contributed by atoms with Crippen molar-refractivity contribution < 1.29 is 13.2 Å². The minimum atomic E-state index is -3.21. The van der Waals surface area contributed by atoms with Crippen molar-refractivity contribution >= 4 is 16.1 Å². The van der Waals surface area contributed by atoms with Crippen LogP contribution >= 0.6 is 0 Å². The van der Waals surface area contributed by atoms with Crippen molar-refractivity contribution in [3.63, 3.8) is 0 Å². The third kappa shape index (κ3) is 3.50. The van der Waals surface area contributed by atoms with E-state index in [9.17, 15) is 13.2 Å². The molecule has 0 aromatic carbocycles. The van der Waals surface area contributed by atoms with E-state index in [0.717, 1.165) is 30.7 Å². The highest BCUT2D eigenvalue weighted by molar-refractivity contribution is 7.88. The third-order valence-electron chi connectivity index (χ3n) is 4.59. The molecule has 1 aliphatic heterocycles. The van der Waals surface area contributed by atoms with Crippen molar-refractivity contribution in [2.45, 2.75) is 38.3 Å². The molecule has 2 atom stereocenters. The predicted molar refractivity (Wildman–Crippen MR) is 85.5 cm³/mol. The van der Waals surface area contributed by atoms with E-state index in [0.29, 0.717) is 19.6 Å². The van der Waals surface area contributed by atoms with Gasteiger partial charge in [-0.1, -0.05) is 0 Å². The third-order valence-corrected chi connectivity index (χ3v) is 5.99. The Morgan fingerprint density at radius 3 is 2.91 bits per heavy atom. The van der Waals surface area contributed by atoms with Crippen LogP contribution in [-0.4, -0.2) is 71.6 Å². The monoisotopic (exact) mass is 341 g/mol. The zero-order valence-electron chi connectivity index (χ0n) is 13.4. The lowest BCUT2D eigenvalue weighted by atomic mass is 9.96. The molecular weight excluding hydrogens is 318 g/mol. The van der Waals surface area contributed by atoms with Crippen LogP contribution in [0.15, 0.2) is 6.33 Å². The average Bonchev–Trinajstić information content (AvgIpc) is 2.93. The van der Waals surface area contributed by atoms with Crippen LogP contribution in [0.5, 0.6) is 0 Å². The Morgan fingerprint density at radius 1 is 1.43 bits per heavy atom. The van der Waals surface area contributed by atoms with Gasteiger partial charge in [0.1, 0.15) is 0 Å². The van der Waals surface area contributed by atoms with Crippen LogP contribution in [0, 0.1) is 0 Å². The van der Waals surface area contributed by atoms with Crippen LogP contribution in [0.4, 0.5) is 4.79 Å². The average molecular weight is 341 g/mol. The van der Waals surface area contributed by atoms with Gasteiger partial charge in [0.15, 0.2) is 0 Å². The van der Waals surface area contributed by atoms with Crippen molar-refractivity contribution in [3.05, 3.63) is 17.7 Å². The van der Waals surface area contributed by atoms with Crippen molar-refractivity contribution in [3.8, 4) is 0 Å². The second kappa shape index (κ2) is 6.12. The second-order valence-electron chi connectivity index (χ2n) is 6.39. The van der Waals surface area contributed by atoms with Gasteiger partial charge >= 0.3 is 6.03 Å². The molecule has 1 fully saturated rings. The Bertz CT molecular complexity index is 686. The lowest BCUT2D eigenvalue weighted by Crippen LogP contribution is -2.58. The molecule has 2 heterocycles. The zero-order chi connectivity index (χ0) is 16.6. The highest BCUT2D eigenvalue weighted by atomic mass is 32.2. The summed E-state index contributed by atoms with van der Waals surface area (Å²) >= 11 is 0. The fourth-order valence-electron chi connectivity index (χ4n) is 3.41. The summed E-state index contributed by atoms with van der Waals surface area (Å²) in [4.78, 5) is 21.5. The molecule has 2 N–H and O–H groups in total. The Hall–Kier alpha value is -1.61. The van der Waals surface area contributed by atoms with Crippen LogP contribution in [0.25, 0.3) is 0 Å². The van der Waals surface area contributed by atoms with E-state index in [4.69, 9.17) is 0 Å². The molecule has 0 radical (unpaired) electrons. The molecule has 1 unspecified atom stereocenters. The molecule has 2 aliphatic rings. The first-order chi connectivity index (χ1) is 10.8. The van der Waals surface area contributed by atoms with E-state index >= 15 is 0 Å².